The molecule has 0 spiro atoms. The summed E-state index contributed by atoms with van der Waals surface area (Å²) in [5, 5.41) is 8.61. The van der Waals surface area contributed by atoms with Crippen LogP contribution in [0.3, 0.4) is 0 Å². The minimum absolute atomic E-state index is 0.310. The first kappa shape index (κ1) is 38.7. The smallest absolute Gasteiger partial charge is 0.303 e. The Morgan fingerprint density at radius 2 is 0.675 bits per heavy atom. The summed E-state index contributed by atoms with van der Waals surface area (Å²) >= 11 is 0. The standard InChI is InChI=1S/C38H70O2/c1-2-3-4-5-6-7-8-9-10-11-12-13-14-15-16-17-18-19-20-21-22-23-24-25-26-27-28-29-30-31-32-33-34-35-36-37-38(39)40/h26-31H,2-25,32-37H2,1H3,(H,39,40)/b27-26?,29-28+,31-30-. The number of hydrogen-bond donors (Lipinski definition) is 1. The lowest BCUT2D eigenvalue weighted by molar-refractivity contribution is -0.137. The largest absolute Gasteiger partial charge is 0.481 e. The lowest BCUT2D eigenvalue weighted by Gasteiger charge is -2.04. The van der Waals surface area contributed by atoms with Gasteiger partial charge in [0.15, 0.2) is 0 Å². The van der Waals surface area contributed by atoms with Gasteiger partial charge in [-0.25, -0.2) is 0 Å². The van der Waals surface area contributed by atoms with Crippen molar-refractivity contribution < 1.29 is 9.90 Å². The van der Waals surface area contributed by atoms with Gasteiger partial charge < -0.3 is 5.11 Å². The van der Waals surface area contributed by atoms with E-state index >= 15 is 0 Å². The van der Waals surface area contributed by atoms with Crippen LogP contribution in [0.4, 0.5) is 0 Å². The van der Waals surface area contributed by atoms with Crippen LogP contribution in [-0.2, 0) is 4.79 Å². The summed E-state index contributed by atoms with van der Waals surface area (Å²) in [7, 11) is 0. The number of carboxylic acid groups (broad SMARTS) is 1. The van der Waals surface area contributed by atoms with Gasteiger partial charge >= 0.3 is 5.97 Å². The number of allylic oxidation sites excluding steroid dienone is 6. The van der Waals surface area contributed by atoms with Crippen molar-refractivity contribution >= 4 is 5.97 Å². The van der Waals surface area contributed by atoms with Crippen molar-refractivity contribution in [1.29, 1.82) is 0 Å². The van der Waals surface area contributed by atoms with Crippen molar-refractivity contribution in [3.63, 3.8) is 0 Å². The molecular weight excluding hydrogens is 488 g/mol. The molecule has 2 nitrogen and oxygen atoms in total. The van der Waals surface area contributed by atoms with E-state index in [1.165, 1.54) is 154 Å². The Labute approximate surface area is 251 Å². The minimum Gasteiger partial charge on any atom is -0.481 e. The van der Waals surface area contributed by atoms with E-state index in [0.29, 0.717) is 6.42 Å². The molecule has 0 saturated heterocycles. The number of unbranched alkanes of at least 4 members (excludes halogenated alkanes) is 27. The maximum Gasteiger partial charge on any atom is 0.303 e. The summed E-state index contributed by atoms with van der Waals surface area (Å²) < 4.78 is 0. The molecule has 0 aliphatic carbocycles. The summed E-state index contributed by atoms with van der Waals surface area (Å²) in [6, 6.07) is 0. The fraction of sp³-hybridized carbons (Fsp3) is 0.816. The SMILES string of the molecule is CCCCCCCCCCCCCCCCCCCCCCCCCC=C/C=C/C=C\CCCCCCC(=O)O. The Balaban J connectivity index is 3.18. The van der Waals surface area contributed by atoms with E-state index in [9.17, 15) is 4.79 Å². The van der Waals surface area contributed by atoms with E-state index in [-0.39, 0.29) is 0 Å². The highest BCUT2D eigenvalue weighted by molar-refractivity contribution is 5.66. The molecule has 2 heteroatoms. The molecule has 0 aromatic carbocycles. The molecule has 0 aromatic rings. The van der Waals surface area contributed by atoms with E-state index < -0.39 is 5.97 Å². The number of aliphatic carboxylic acids is 1. The number of hydrogen-bond acceptors (Lipinski definition) is 1. The Hall–Kier alpha value is -1.31. The molecule has 0 aliphatic heterocycles. The molecule has 0 aliphatic rings. The van der Waals surface area contributed by atoms with Crippen LogP contribution < -0.4 is 0 Å². The fourth-order valence-electron chi connectivity index (χ4n) is 5.42. The van der Waals surface area contributed by atoms with Gasteiger partial charge in [0.2, 0.25) is 0 Å². The number of rotatable bonds is 33. The van der Waals surface area contributed by atoms with Crippen LogP contribution in [0.25, 0.3) is 0 Å². The van der Waals surface area contributed by atoms with Crippen LogP contribution in [0.5, 0.6) is 0 Å². The van der Waals surface area contributed by atoms with Gasteiger partial charge in [-0.1, -0.05) is 197 Å². The van der Waals surface area contributed by atoms with E-state index in [1.807, 2.05) is 0 Å². The van der Waals surface area contributed by atoms with Crippen molar-refractivity contribution in [3.05, 3.63) is 36.5 Å². The van der Waals surface area contributed by atoms with Crippen molar-refractivity contribution in [1.82, 2.24) is 0 Å². The van der Waals surface area contributed by atoms with Gasteiger partial charge in [-0.3, -0.25) is 4.79 Å². The van der Waals surface area contributed by atoms with Crippen molar-refractivity contribution in [2.45, 2.75) is 200 Å². The second kappa shape index (κ2) is 35.7. The molecule has 40 heavy (non-hydrogen) atoms. The van der Waals surface area contributed by atoms with Gasteiger partial charge in [0.1, 0.15) is 0 Å². The fourth-order valence-corrected chi connectivity index (χ4v) is 5.42. The van der Waals surface area contributed by atoms with Gasteiger partial charge in [-0.05, 0) is 32.1 Å². The lowest BCUT2D eigenvalue weighted by Crippen LogP contribution is -1.93. The van der Waals surface area contributed by atoms with E-state index in [1.54, 1.807) is 0 Å². The van der Waals surface area contributed by atoms with Crippen molar-refractivity contribution in [2.75, 3.05) is 0 Å². The van der Waals surface area contributed by atoms with Gasteiger partial charge in [0.05, 0.1) is 0 Å². The lowest BCUT2D eigenvalue weighted by atomic mass is 10.0. The molecule has 0 radical (unpaired) electrons. The van der Waals surface area contributed by atoms with Gasteiger partial charge in [0, 0.05) is 6.42 Å². The quantitative estimate of drug-likeness (QED) is 0.0642. The number of carbonyl (C=O) groups is 1. The van der Waals surface area contributed by atoms with Crippen LogP contribution in [0, 0.1) is 0 Å². The molecule has 0 fully saturated rings. The highest BCUT2D eigenvalue weighted by Crippen LogP contribution is 2.15. The average molecular weight is 559 g/mol. The van der Waals surface area contributed by atoms with Crippen LogP contribution in [0.15, 0.2) is 36.5 Å². The second-order valence-corrected chi connectivity index (χ2v) is 12.2. The third-order valence-electron chi connectivity index (χ3n) is 8.09. The summed E-state index contributed by atoms with van der Waals surface area (Å²) in [5.74, 6) is -0.677. The number of carboxylic acids is 1. The monoisotopic (exact) mass is 559 g/mol. The first-order valence-electron chi connectivity index (χ1n) is 18.0. The zero-order valence-corrected chi connectivity index (χ0v) is 27.0. The van der Waals surface area contributed by atoms with Gasteiger partial charge in [-0.2, -0.15) is 0 Å². The summed E-state index contributed by atoms with van der Waals surface area (Å²) in [6.45, 7) is 2.30. The molecule has 1 N–H and O–H groups in total. The van der Waals surface area contributed by atoms with Crippen LogP contribution in [-0.4, -0.2) is 11.1 Å². The van der Waals surface area contributed by atoms with E-state index in [0.717, 1.165) is 32.1 Å². The third-order valence-corrected chi connectivity index (χ3v) is 8.09. The maximum atomic E-state index is 10.5. The molecule has 0 bridgehead atoms. The summed E-state index contributed by atoms with van der Waals surface area (Å²) in [5.41, 5.74) is 0. The summed E-state index contributed by atoms with van der Waals surface area (Å²) in [6.07, 6.45) is 53.0. The molecule has 0 rings (SSSR count). The third kappa shape index (κ3) is 36.7. The molecule has 0 atom stereocenters. The van der Waals surface area contributed by atoms with Crippen molar-refractivity contribution in [3.8, 4) is 0 Å². The second-order valence-electron chi connectivity index (χ2n) is 12.2. The highest BCUT2D eigenvalue weighted by atomic mass is 16.4. The Bertz CT molecular complexity index is 574. The first-order chi connectivity index (χ1) is 19.8. The topological polar surface area (TPSA) is 37.3 Å². The predicted molar refractivity (Wildman–Crippen MR) is 179 cm³/mol. The molecular formula is C38H70O2. The Kier molecular flexibility index (Phi) is 34.5. The molecule has 0 saturated carbocycles. The Morgan fingerprint density at radius 3 is 0.975 bits per heavy atom. The molecule has 0 heterocycles. The zero-order valence-electron chi connectivity index (χ0n) is 27.0. The van der Waals surface area contributed by atoms with Crippen LogP contribution in [0.2, 0.25) is 0 Å². The van der Waals surface area contributed by atoms with E-state index in [4.69, 9.17) is 5.11 Å². The first-order valence-corrected chi connectivity index (χ1v) is 18.0. The summed E-state index contributed by atoms with van der Waals surface area (Å²) in [4.78, 5) is 10.5. The van der Waals surface area contributed by atoms with Gasteiger partial charge in [0.25, 0.3) is 0 Å². The van der Waals surface area contributed by atoms with Crippen molar-refractivity contribution in [2.24, 2.45) is 0 Å². The normalized spacial score (nSPS) is 12.0. The highest BCUT2D eigenvalue weighted by Gasteiger charge is 1.97. The molecule has 0 aromatic heterocycles. The Morgan fingerprint density at radius 1 is 0.400 bits per heavy atom. The zero-order chi connectivity index (χ0) is 29.0. The van der Waals surface area contributed by atoms with Crippen LogP contribution >= 0.6 is 0 Å². The van der Waals surface area contributed by atoms with Gasteiger partial charge in [-0.15, -0.1) is 0 Å². The maximum absolute atomic E-state index is 10.5. The van der Waals surface area contributed by atoms with E-state index in [2.05, 4.69) is 43.4 Å². The minimum atomic E-state index is -0.677. The average Bonchev–Trinajstić information content (AvgIpc) is 2.95. The molecule has 0 amide bonds. The predicted octanol–water partition coefficient (Wildman–Crippen LogP) is 13.5. The molecule has 234 valence electrons. The van der Waals surface area contributed by atoms with Crippen LogP contribution in [0.1, 0.15) is 200 Å². The molecule has 0 unspecified atom stereocenters.